The number of rotatable bonds is 0. The standard InChI is InChI=1S/2C7H8O.Mo.2H3O2PS2/c2*1-6-2-4-7(8)5-3-6;;2*1-3(2,4)5/h2*2-5,8H,1H3;;2*(H3,1,2,4,5)/p-6. The van der Waals surface area contributed by atoms with Crippen LogP contribution in [0.25, 0.3) is 0 Å². The second-order valence-electron chi connectivity index (χ2n) is 4.57. The Balaban J connectivity index is -0.000000289. The number of aryl methyl sites for hydroxylation is 2. The van der Waals surface area contributed by atoms with Crippen LogP contribution in [-0.4, -0.2) is 10.2 Å². The Morgan fingerprint density at radius 2 is 0.815 bits per heavy atom. The summed E-state index contributed by atoms with van der Waals surface area (Å²) in [6, 6.07) is 14.2. The summed E-state index contributed by atoms with van der Waals surface area (Å²) in [6.45, 7) is 3.97. The Morgan fingerprint density at radius 1 is 0.667 bits per heavy atom. The van der Waals surface area contributed by atoms with Crippen molar-refractivity contribution in [3.8, 4) is 11.5 Å². The molecule has 0 aliphatic carbocycles. The van der Waals surface area contributed by atoms with Crippen LogP contribution in [0.5, 0.6) is 11.5 Å². The maximum Gasteiger partial charge on any atom is 0.115 e. The van der Waals surface area contributed by atoms with Crippen molar-refractivity contribution in [2.24, 2.45) is 0 Å². The van der Waals surface area contributed by atoms with Gasteiger partial charge in [-0.3, -0.25) is 0 Å². The molecule has 2 rings (SSSR count). The zero-order chi connectivity index (χ0) is 21.0. The molecule has 0 radical (unpaired) electrons. The summed E-state index contributed by atoms with van der Waals surface area (Å²) >= 11 is 14.6. The largest absolute Gasteiger partial charge is 0.850 e. The summed E-state index contributed by atoms with van der Waals surface area (Å²) in [6.07, 6.45) is 0. The van der Waals surface area contributed by atoms with Crippen molar-refractivity contribution in [3.63, 3.8) is 0 Å². The van der Waals surface area contributed by atoms with Crippen LogP contribution in [0.2, 0.25) is 0 Å². The van der Waals surface area contributed by atoms with Gasteiger partial charge in [-0.2, -0.15) is 23.6 Å². The van der Waals surface area contributed by atoms with Crippen LogP contribution >= 0.6 is 11.4 Å². The van der Waals surface area contributed by atoms with Crippen LogP contribution in [0.1, 0.15) is 11.1 Å². The first kappa shape index (κ1) is 32.2. The van der Waals surface area contributed by atoms with Crippen LogP contribution in [0, 0.1) is 13.8 Å². The van der Waals surface area contributed by atoms with E-state index in [0.717, 1.165) is 0 Å². The molecule has 0 bridgehead atoms. The van der Waals surface area contributed by atoms with Gasteiger partial charge in [0.1, 0.15) is 11.5 Å². The van der Waals surface area contributed by atoms with Gasteiger partial charge in [0.25, 0.3) is 0 Å². The van der Waals surface area contributed by atoms with Gasteiger partial charge >= 0.3 is 0 Å². The Morgan fingerprint density at radius 3 is 0.926 bits per heavy atom. The first-order valence-corrected chi connectivity index (χ1v) is 13.9. The Labute approximate surface area is 194 Å². The van der Waals surface area contributed by atoms with Crippen molar-refractivity contribution in [1.82, 2.24) is 0 Å². The van der Waals surface area contributed by atoms with E-state index in [1.165, 1.54) is 11.1 Å². The van der Waals surface area contributed by atoms with Crippen molar-refractivity contribution in [1.29, 1.82) is 0 Å². The fourth-order valence-corrected chi connectivity index (χ4v) is 1.09. The van der Waals surface area contributed by atoms with Gasteiger partial charge in [-0.1, -0.05) is 35.4 Å². The predicted molar refractivity (Wildman–Crippen MR) is 109 cm³/mol. The Bertz CT molecular complexity index is 597. The molecule has 0 saturated heterocycles. The molecule has 0 atom stereocenters. The molecule has 154 valence electrons. The fourth-order valence-electron chi connectivity index (χ4n) is 1.09. The zero-order valence-corrected chi connectivity index (χ0v) is 21.1. The average Bonchev–Trinajstić information content (AvgIpc) is 2.42. The van der Waals surface area contributed by atoms with Gasteiger partial charge in [-0.05, 0) is 38.1 Å². The van der Waals surface area contributed by atoms with E-state index in [2.05, 4.69) is 48.1 Å². The summed E-state index contributed by atoms with van der Waals surface area (Å²) in [7, 11) is 0. The maximum atomic E-state index is 9.29. The smallest absolute Gasteiger partial charge is 0.115 e. The Hall–Kier alpha value is 0.568. The fraction of sp³-hybridized carbons (Fsp3) is 0.143. The van der Waals surface area contributed by atoms with Crippen molar-refractivity contribution in [3.05, 3.63) is 59.7 Å². The molecule has 6 nitrogen and oxygen atoms in total. The van der Waals surface area contributed by atoms with E-state index in [1.54, 1.807) is 24.3 Å². The zero-order valence-electron chi connectivity index (χ0n) is 14.1. The molecule has 0 aromatic heterocycles. The molecule has 0 unspecified atom stereocenters. The number of hydrogen-bond acceptors (Lipinski definition) is 10. The molecular weight excluding hydrogens is 550 g/mol. The second-order valence-corrected chi connectivity index (χ2v) is 13.5. The minimum absolute atomic E-state index is 0. The Kier molecular flexibility index (Phi) is 19.6. The summed E-state index contributed by atoms with van der Waals surface area (Å²) in [4.78, 5) is 37.2. The molecule has 0 heterocycles. The van der Waals surface area contributed by atoms with Crippen molar-refractivity contribution < 1.29 is 50.9 Å². The number of phenols is 2. The van der Waals surface area contributed by atoms with Crippen LogP contribution in [0.3, 0.4) is 0 Å². The molecule has 27 heavy (non-hydrogen) atoms. The molecule has 0 spiro atoms. The normalized spacial score (nSPS) is 9.78. The van der Waals surface area contributed by atoms with Crippen LogP contribution in [0.4, 0.5) is 0 Å². The minimum Gasteiger partial charge on any atom is -0.850 e. The van der Waals surface area contributed by atoms with Gasteiger partial charge in [-0.25, -0.2) is 0 Å². The van der Waals surface area contributed by atoms with E-state index in [0.29, 0.717) is 11.5 Å². The molecule has 0 aliphatic rings. The van der Waals surface area contributed by atoms with Crippen LogP contribution in [-0.2, 0) is 69.2 Å². The van der Waals surface area contributed by atoms with E-state index < -0.39 is 11.4 Å². The van der Waals surface area contributed by atoms with Gasteiger partial charge in [-0.15, -0.1) is 0 Å². The molecule has 2 aromatic carbocycles. The third kappa shape index (κ3) is 37.9. The van der Waals surface area contributed by atoms with E-state index in [4.69, 9.17) is 10.2 Å². The van der Waals surface area contributed by atoms with E-state index in [9.17, 15) is 19.6 Å². The molecule has 0 amide bonds. The number of hydrogen-bond donors (Lipinski definition) is 2. The first-order chi connectivity index (χ1) is 11.6. The van der Waals surface area contributed by atoms with Gasteiger partial charge in [0, 0.05) is 21.1 Å². The monoisotopic (exact) mass is 568 g/mol. The third-order valence-corrected chi connectivity index (χ3v) is 2.07. The van der Waals surface area contributed by atoms with Crippen molar-refractivity contribution in [2.75, 3.05) is 0 Å². The molecule has 0 saturated carbocycles. The molecule has 13 heteroatoms. The van der Waals surface area contributed by atoms with Crippen molar-refractivity contribution >= 4 is 59.5 Å². The molecule has 2 N–H and O–H groups in total. The van der Waals surface area contributed by atoms with Crippen LogP contribution in [0.15, 0.2) is 48.5 Å². The third-order valence-electron chi connectivity index (χ3n) is 2.07. The number of phenolic OH excluding ortho intramolecular Hbond substituents is 2. The SMILES string of the molecule is Cc1ccc(O)cc1.Cc1ccc(O)cc1.[Mo].[O-]P([O-])(=S)[S-].[O-]P([O-])(=S)[S-]. The molecule has 0 fully saturated rings. The molecule has 0 aliphatic heterocycles. The second kappa shape index (κ2) is 16.4. The molecule has 2 aromatic rings. The van der Waals surface area contributed by atoms with E-state index >= 15 is 0 Å². The van der Waals surface area contributed by atoms with E-state index in [1.807, 2.05) is 38.1 Å². The average molecular weight is 566 g/mol. The summed E-state index contributed by atoms with van der Waals surface area (Å²) in [5, 5.41) is 17.5. The van der Waals surface area contributed by atoms with Gasteiger partial charge in [0.2, 0.25) is 0 Å². The van der Waals surface area contributed by atoms with Crippen LogP contribution < -0.4 is 19.6 Å². The topological polar surface area (TPSA) is 133 Å². The minimum atomic E-state index is -3.72. The summed E-state index contributed by atoms with van der Waals surface area (Å²) in [5.41, 5.74) is -5.11. The predicted octanol–water partition coefficient (Wildman–Crippen LogP) is 0.356. The quantitative estimate of drug-likeness (QED) is 0.262. The van der Waals surface area contributed by atoms with Crippen molar-refractivity contribution in [2.45, 2.75) is 13.8 Å². The number of benzene rings is 2. The number of aromatic hydroxyl groups is 2. The molecular formula is C14H16MoO6P2S4-6. The van der Waals surface area contributed by atoms with Gasteiger partial charge in [0.05, 0.1) is 0 Å². The summed E-state index contributed by atoms with van der Waals surface area (Å²) < 4.78 is 0. The first-order valence-electron chi connectivity index (χ1n) is 6.55. The van der Waals surface area contributed by atoms with E-state index in [-0.39, 0.29) is 21.1 Å². The summed E-state index contributed by atoms with van der Waals surface area (Å²) in [5.74, 6) is 0.659. The van der Waals surface area contributed by atoms with Gasteiger partial charge < -0.3 is 65.7 Å². The maximum absolute atomic E-state index is 9.29. The van der Waals surface area contributed by atoms with Gasteiger partial charge in [0.15, 0.2) is 0 Å².